The van der Waals surface area contributed by atoms with Crippen LogP contribution >= 0.6 is 15.9 Å². The Hall–Kier alpha value is -0.430. The van der Waals surface area contributed by atoms with Gasteiger partial charge in [-0.15, -0.1) is 0 Å². The van der Waals surface area contributed by atoms with Crippen molar-refractivity contribution in [2.45, 2.75) is 57.2 Å². The molecule has 1 saturated heterocycles. The smallest absolute Gasteiger partial charge is 0.0907 e. The quantitative estimate of drug-likeness (QED) is 0.862. The summed E-state index contributed by atoms with van der Waals surface area (Å²) in [5, 5.41) is 8.13. The van der Waals surface area contributed by atoms with E-state index in [0.717, 1.165) is 50.9 Å². The Labute approximate surface area is 134 Å². The van der Waals surface area contributed by atoms with E-state index in [1.165, 1.54) is 10.2 Å². The molecule has 0 aromatic carbocycles. The zero-order chi connectivity index (χ0) is 14.8. The third-order valence-electron chi connectivity index (χ3n) is 4.66. The average molecular weight is 357 g/mol. The molecule has 3 rings (SSSR count). The second-order valence-electron chi connectivity index (χ2n) is 6.06. The molecule has 5 nitrogen and oxygen atoms in total. The summed E-state index contributed by atoms with van der Waals surface area (Å²) in [7, 11) is 0. The number of fused-ring (bicyclic) bond motifs is 1. The number of rotatable bonds is 4. The van der Waals surface area contributed by atoms with Gasteiger partial charge in [-0.3, -0.25) is 4.68 Å². The zero-order valence-corrected chi connectivity index (χ0v) is 14.2. The van der Waals surface area contributed by atoms with Gasteiger partial charge in [0, 0.05) is 6.04 Å². The van der Waals surface area contributed by atoms with Crippen LogP contribution in [-0.2, 0) is 17.6 Å². The fraction of sp³-hybridized carbons (Fsp3) is 0.800. The Morgan fingerprint density at radius 3 is 2.86 bits per heavy atom. The maximum absolute atomic E-state index is 6.34. The first kappa shape index (κ1) is 15.5. The van der Waals surface area contributed by atoms with Gasteiger partial charge < -0.3 is 15.8 Å². The van der Waals surface area contributed by atoms with Crippen LogP contribution in [-0.4, -0.2) is 41.6 Å². The van der Waals surface area contributed by atoms with Gasteiger partial charge in [-0.05, 0) is 61.1 Å². The average Bonchev–Trinajstić information content (AvgIpc) is 2.84. The van der Waals surface area contributed by atoms with E-state index in [0.29, 0.717) is 12.7 Å². The number of nitrogens with two attached hydrogens (primary N) is 1. The molecule has 0 saturated carbocycles. The molecular weight excluding hydrogens is 332 g/mol. The lowest BCUT2D eigenvalue weighted by atomic mass is 9.98. The third-order valence-corrected chi connectivity index (χ3v) is 5.57. The number of ether oxygens (including phenoxy) is 1. The van der Waals surface area contributed by atoms with Crippen molar-refractivity contribution in [1.29, 1.82) is 0 Å². The van der Waals surface area contributed by atoms with Crippen molar-refractivity contribution < 1.29 is 4.74 Å². The van der Waals surface area contributed by atoms with Gasteiger partial charge in [0.1, 0.15) is 0 Å². The number of halogens is 1. The monoisotopic (exact) mass is 356 g/mol. The lowest BCUT2D eigenvalue weighted by Gasteiger charge is -2.32. The van der Waals surface area contributed by atoms with Crippen LogP contribution in [0.2, 0.25) is 0 Å². The molecule has 0 radical (unpaired) electrons. The van der Waals surface area contributed by atoms with Crippen molar-refractivity contribution in [3.05, 3.63) is 15.9 Å². The highest BCUT2D eigenvalue weighted by Crippen LogP contribution is 2.32. The van der Waals surface area contributed by atoms with Gasteiger partial charge in [0.2, 0.25) is 0 Å². The lowest BCUT2D eigenvalue weighted by molar-refractivity contribution is 0.00424. The van der Waals surface area contributed by atoms with Gasteiger partial charge in [0.05, 0.1) is 34.6 Å². The van der Waals surface area contributed by atoms with Gasteiger partial charge >= 0.3 is 0 Å². The molecule has 2 aliphatic heterocycles. The van der Waals surface area contributed by atoms with E-state index in [1.807, 2.05) is 0 Å². The highest BCUT2D eigenvalue weighted by atomic mass is 79.9. The Kier molecular flexibility index (Phi) is 4.99. The van der Waals surface area contributed by atoms with Gasteiger partial charge in [-0.1, -0.05) is 6.92 Å². The fourth-order valence-corrected chi connectivity index (χ4v) is 4.03. The number of nitrogens with one attached hydrogen (secondary N) is 1. The lowest BCUT2D eigenvalue weighted by Crippen LogP contribution is -2.42. The molecule has 2 atom stereocenters. The number of hydrogen-bond acceptors (Lipinski definition) is 4. The molecule has 1 aromatic rings. The van der Waals surface area contributed by atoms with Crippen molar-refractivity contribution in [3.63, 3.8) is 0 Å². The van der Waals surface area contributed by atoms with E-state index < -0.39 is 0 Å². The fourth-order valence-electron chi connectivity index (χ4n) is 3.29. The Morgan fingerprint density at radius 2 is 2.14 bits per heavy atom. The summed E-state index contributed by atoms with van der Waals surface area (Å²) in [6.45, 7) is 4.93. The SMILES string of the molecule is CCc1nn2c(c1Br)CCC(N)C2COC1CCNCC1. The third kappa shape index (κ3) is 3.18. The van der Waals surface area contributed by atoms with E-state index in [-0.39, 0.29) is 12.1 Å². The van der Waals surface area contributed by atoms with E-state index in [1.54, 1.807) is 0 Å². The summed E-state index contributed by atoms with van der Waals surface area (Å²) in [5.74, 6) is 0. The van der Waals surface area contributed by atoms with Crippen LogP contribution in [0.25, 0.3) is 0 Å². The minimum atomic E-state index is 0.135. The first-order valence-corrected chi connectivity index (χ1v) is 8.83. The van der Waals surface area contributed by atoms with Crippen LogP contribution in [0, 0.1) is 0 Å². The van der Waals surface area contributed by atoms with E-state index in [2.05, 4.69) is 32.9 Å². The predicted molar refractivity (Wildman–Crippen MR) is 86.5 cm³/mol. The van der Waals surface area contributed by atoms with Crippen molar-refractivity contribution in [1.82, 2.24) is 15.1 Å². The minimum absolute atomic E-state index is 0.135. The summed E-state index contributed by atoms with van der Waals surface area (Å²) >= 11 is 3.70. The number of aryl methyl sites for hydroxylation is 1. The molecule has 0 aliphatic carbocycles. The molecule has 0 amide bonds. The first-order valence-electron chi connectivity index (χ1n) is 8.04. The first-order chi connectivity index (χ1) is 10.2. The van der Waals surface area contributed by atoms with Crippen molar-refractivity contribution in [2.75, 3.05) is 19.7 Å². The molecule has 2 aliphatic rings. The molecular formula is C15H25BrN4O. The number of nitrogens with zero attached hydrogens (tertiary/aromatic N) is 2. The molecule has 3 N–H and O–H groups in total. The van der Waals surface area contributed by atoms with Gasteiger partial charge in [0.15, 0.2) is 0 Å². The summed E-state index contributed by atoms with van der Waals surface area (Å²) in [6, 6.07) is 0.302. The van der Waals surface area contributed by atoms with Crippen LogP contribution in [0.3, 0.4) is 0 Å². The molecule has 2 unspecified atom stereocenters. The van der Waals surface area contributed by atoms with Crippen molar-refractivity contribution in [3.8, 4) is 0 Å². The summed E-state index contributed by atoms with van der Waals surface area (Å²) in [4.78, 5) is 0. The largest absolute Gasteiger partial charge is 0.376 e. The molecule has 0 bridgehead atoms. The second kappa shape index (κ2) is 6.77. The van der Waals surface area contributed by atoms with Gasteiger partial charge in [-0.25, -0.2) is 0 Å². The highest BCUT2D eigenvalue weighted by Gasteiger charge is 2.31. The minimum Gasteiger partial charge on any atom is -0.376 e. The Morgan fingerprint density at radius 1 is 1.38 bits per heavy atom. The highest BCUT2D eigenvalue weighted by molar-refractivity contribution is 9.10. The second-order valence-corrected chi connectivity index (χ2v) is 6.85. The van der Waals surface area contributed by atoms with Crippen LogP contribution in [0.4, 0.5) is 0 Å². The molecule has 1 fully saturated rings. The van der Waals surface area contributed by atoms with Crippen molar-refractivity contribution >= 4 is 15.9 Å². The van der Waals surface area contributed by atoms with Crippen LogP contribution in [0.1, 0.15) is 43.6 Å². The van der Waals surface area contributed by atoms with E-state index in [4.69, 9.17) is 15.6 Å². The number of piperidine rings is 1. The molecule has 3 heterocycles. The molecule has 6 heteroatoms. The maximum atomic E-state index is 6.34. The number of hydrogen-bond donors (Lipinski definition) is 2. The summed E-state index contributed by atoms with van der Waals surface area (Å²) in [6.07, 6.45) is 5.51. The summed E-state index contributed by atoms with van der Waals surface area (Å²) < 4.78 is 9.43. The van der Waals surface area contributed by atoms with Gasteiger partial charge in [0.25, 0.3) is 0 Å². The molecule has 21 heavy (non-hydrogen) atoms. The predicted octanol–water partition coefficient (Wildman–Crippen LogP) is 1.79. The summed E-state index contributed by atoms with van der Waals surface area (Å²) in [5.41, 5.74) is 8.76. The van der Waals surface area contributed by atoms with E-state index >= 15 is 0 Å². The van der Waals surface area contributed by atoms with Crippen LogP contribution in [0.5, 0.6) is 0 Å². The van der Waals surface area contributed by atoms with Crippen LogP contribution in [0.15, 0.2) is 4.47 Å². The van der Waals surface area contributed by atoms with Gasteiger partial charge in [-0.2, -0.15) is 5.10 Å². The Balaban J connectivity index is 1.72. The number of aromatic nitrogens is 2. The molecule has 118 valence electrons. The standard InChI is InChI=1S/C15H25BrN4O/c1-2-12-15(16)13-4-3-11(17)14(20(13)19-12)9-21-10-5-7-18-8-6-10/h10-11,14,18H,2-9,17H2,1H3. The zero-order valence-electron chi connectivity index (χ0n) is 12.6. The normalized spacial score (nSPS) is 26.8. The molecule has 1 aromatic heterocycles. The van der Waals surface area contributed by atoms with Crippen LogP contribution < -0.4 is 11.1 Å². The maximum Gasteiger partial charge on any atom is 0.0907 e. The molecule has 0 spiro atoms. The van der Waals surface area contributed by atoms with Crippen molar-refractivity contribution in [2.24, 2.45) is 5.73 Å². The topological polar surface area (TPSA) is 65.1 Å². The van der Waals surface area contributed by atoms with E-state index in [9.17, 15) is 0 Å². The Bertz CT molecular complexity index is 484.